The van der Waals surface area contributed by atoms with Crippen LogP contribution in [-0.2, 0) is 9.53 Å². The summed E-state index contributed by atoms with van der Waals surface area (Å²) in [5.74, 6) is -1.02. The molecule has 0 spiro atoms. The summed E-state index contributed by atoms with van der Waals surface area (Å²) in [5, 5.41) is 10.4. The number of carbonyl (C=O) groups excluding carboxylic acids is 1. The quantitative estimate of drug-likeness (QED) is 0.807. The van der Waals surface area contributed by atoms with Crippen molar-refractivity contribution >= 4 is 17.6 Å². The van der Waals surface area contributed by atoms with Crippen LogP contribution in [0.25, 0.3) is 0 Å². The van der Waals surface area contributed by atoms with Crippen molar-refractivity contribution in [1.82, 2.24) is 0 Å². The van der Waals surface area contributed by atoms with Crippen LogP contribution in [0.1, 0.15) is 18.6 Å². The Hall–Kier alpha value is -1.06. The van der Waals surface area contributed by atoms with E-state index in [1.54, 1.807) is 31.2 Å². The Kier molecular flexibility index (Phi) is 4.12. The number of methoxy groups -OCH3 is 1. The van der Waals surface area contributed by atoms with Crippen LogP contribution < -0.4 is 0 Å². The molecule has 4 heteroatoms. The minimum Gasteiger partial charge on any atom is -0.469 e. The van der Waals surface area contributed by atoms with E-state index < -0.39 is 18.0 Å². The first-order valence-electron chi connectivity index (χ1n) is 4.57. The molecule has 1 rings (SSSR count). The molecule has 15 heavy (non-hydrogen) atoms. The molecule has 82 valence electrons. The minimum absolute atomic E-state index is 0.433. The highest BCUT2D eigenvalue weighted by molar-refractivity contribution is 6.30. The lowest BCUT2D eigenvalue weighted by Crippen LogP contribution is -2.20. The average molecular weight is 229 g/mol. The van der Waals surface area contributed by atoms with E-state index in [0.29, 0.717) is 10.6 Å². The van der Waals surface area contributed by atoms with Crippen molar-refractivity contribution in [3.8, 4) is 0 Å². The Labute approximate surface area is 93.6 Å². The van der Waals surface area contributed by atoms with Gasteiger partial charge >= 0.3 is 5.97 Å². The zero-order chi connectivity index (χ0) is 11.4. The molecule has 0 radical (unpaired) electrons. The molecule has 1 N–H and O–H groups in total. The monoisotopic (exact) mass is 228 g/mol. The van der Waals surface area contributed by atoms with Crippen molar-refractivity contribution in [2.75, 3.05) is 7.11 Å². The van der Waals surface area contributed by atoms with E-state index in [1.165, 1.54) is 7.11 Å². The second-order valence-electron chi connectivity index (χ2n) is 3.31. The lowest BCUT2D eigenvalue weighted by atomic mass is 9.98. The predicted octanol–water partition coefficient (Wildman–Crippen LogP) is 2.18. The SMILES string of the molecule is COC(=O)[C@H](C)[C@@H](O)c1ccc(Cl)cc1. The van der Waals surface area contributed by atoms with E-state index in [-0.39, 0.29) is 0 Å². The summed E-state index contributed by atoms with van der Waals surface area (Å²) in [5.41, 5.74) is 0.650. The molecular formula is C11H13ClO3. The van der Waals surface area contributed by atoms with Gasteiger partial charge in [0.1, 0.15) is 0 Å². The molecule has 0 fully saturated rings. The summed E-state index contributed by atoms with van der Waals surface area (Å²) in [6.07, 6.45) is -0.866. The molecule has 0 amide bonds. The number of hydrogen-bond donors (Lipinski definition) is 1. The van der Waals surface area contributed by atoms with E-state index in [9.17, 15) is 9.90 Å². The number of benzene rings is 1. The molecule has 0 unspecified atom stereocenters. The van der Waals surface area contributed by atoms with Crippen LogP contribution in [-0.4, -0.2) is 18.2 Å². The average Bonchev–Trinajstić information content (AvgIpc) is 2.27. The summed E-state index contributed by atoms with van der Waals surface area (Å²) >= 11 is 5.71. The molecule has 0 aliphatic heterocycles. The fourth-order valence-electron chi connectivity index (χ4n) is 1.26. The number of carbonyl (C=O) groups is 1. The summed E-state index contributed by atoms with van der Waals surface area (Å²) < 4.78 is 4.55. The first-order chi connectivity index (χ1) is 7.06. The van der Waals surface area contributed by atoms with Crippen LogP contribution >= 0.6 is 11.6 Å². The minimum atomic E-state index is -0.866. The molecule has 0 aliphatic carbocycles. The third-order valence-corrected chi connectivity index (χ3v) is 2.51. The zero-order valence-electron chi connectivity index (χ0n) is 8.61. The second-order valence-corrected chi connectivity index (χ2v) is 3.74. The topological polar surface area (TPSA) is 46.5 Å². The van der Waals surface area contributed by atoms with Gasteiger partial charge in [-0.2, -0.15) is 0 Å². The molecular weight excluding hydrogens is 216 g/mol. The van der Waals surface area contributed by atoms with Gasteiger partial charge < -0.3 is 9.84 Å². The van der Waals surface area contributed by atoms with E-state index in [4.69, 9.17) is 11.6 Å². The van der Waals surface area contributed by atoms with Gasteiger partial charge in [0.2, 0.25) is 0 Å². The van der Waals surface area contributed by atoms with Crippen molar-refractivity contribution in [2.45, 2.75) is 13.0 Å². The van der Waals surface area contributed by atoms with Crippen molar-refractivity contribution < 1.29 is 14.6 Å². The van der Waals surface area contributed by atoms with Gasteiger partial charge in [-0.25, -0.2) is 0 Å². The van der Waals surface area contributed by atoms with Crippen LogP contribution in [0.3, 0.4) is 0 Å². The van der Waals surface area contributed by atoms with Crippen molar-refractivity contribution in [3.63, 3.8) is 0 Å². The normalized spacial score (nSPS) is 14.4. The maximum atomic E-state index is 11.2. The standard InChI is InChI=1S/C11H13ClO3/c1-7(11(14)15-2)10(13)8-3-5-9(12)6-4-8/h3-7,10,13H,1-2H3/t7-,10-/m1/s1. The lowest BCUT2D eigenvalue weighted by Gasteiger charge is -2.16. The molecule has 1 aromatic rings. The van der Waals surface area contributed by atoms with Gasteiger partial charge in [-0.15, -0.1) is 0 Å². The van der Waals surface area contributed by atoms with Crippen LogP contribution in [0.2, 0.25) is 5.02 Å². The van der Waals surface area contributed by atoms with Crippen LogP contribution in [0.15, 0.2) is 24.3 Å². The van der Waals surface area contributed by atoms with Gasteiger partial charge in [-0.3, -0.25) is 4.79 Å². The van der Waals surface area contributed by atoms with Gasteiger partial charge in [0, 0.05) is 5.02 Å². The molecule has 1 aromatic carbocycles. The Balaban J connectivity index is 2.80. The smallest absolute Gasteiger partial charge is 0.311 e. The van der Waals surface area contributed by atoms with E-state index in [0.717, 1.165) is 0 Å². The van der Waals surface area contributed by atoms with Crippen molar-refractivity contribution in [1.29, 1.82) is 0 Å². The zero-order valence-corrected chi connectivity index (χ0v) is 9.36. The molecule has 0 saturated heterocycles. The molecule has 0 saturated carbocycles. The van der Waals surface area contributed by atoms with E-state index in [1.807, 2.05) is 0 Å². The molecule has 0 aliphatic rings. The second kappa shape index (κ2) is 5.14. The van der Waals surface area contributed by atoms with E-state index in [2.05, 4.69) is 4.74 Å². The third kappa shape index (κ3) is 2.94. The van der Waals surface area contributed by atoms with Gasteiger partial charge in [0.25, 0.3) is 0 Å². The predicted molar refractivity (Wildman–Crippen MR) is 57.6 cm³/mol. The van der Waals surface area contributed by atoms with Gasteiger partial charge in [-0.05, 0) is 24.6 Å². The van der Waals surface area contributed by atoms with Crippen molar-refractivity contribution in [2.24, 2.45) is 5.92 Å². The highest BCUT2D eigenvalue weighted by atomic mass is 35.5. The van der Waals surface area contributed by atoms with E-state index >= 15 is 0 Å². The highest BCUT2D eigenvalue weighted by Gasteiger charge is 2.23. The molecule has 0 heterocycles. The summed E-state index contributed by atoms with van der Waals surface area (Å²) in [7, 11) is 1.30. The summed E-state index contributed by atoms with van der Waals surface area (Å²) in [6, 6.07) is 6.72. The largest absolute Gasteiger partial charge is 0.469 e. The fraction of sp³-hybridized carbons (Fsp3) is 0.364. The first-order valence-corrected chi connectivity index (χ1v) is 4.95. The molecule has 0 aromatic heterocycles. The maximum absolute atomic E-state index is 11.2. The summed E-state index contributed by atoms with van der Waals surface area (Å²) in [4.78, 5) is 11.2. The van der Waals surface area contributed by atoms with Gasteiger partial charge in [0.05, 0.1) is 19.1 Å². The number of hydrogen-bond acceptors (Lipinski definition) is 3. The fourth-order valence-corrected chi connectivity index (χ4v) is 1.39. The van der Waals surface area contributed by atoms with Gasteiger partial charge in [0.15, 0.2) is 0 Å². The summed E-state index contributed by atoms with van der Waals surface area (Å²) in [6.45, 7) is 1.62. The first kappa shape index (κ1) is 12.0. The number of aliphatic hydroxyl groups excluding tert-OH is 1. The number of halogens is 1. The number of rotatable bonds is 3. The number of esters is 1. The van der Waals surface area contributed by atoms with Gasteiger partial charge in [-0.1, -0.05) is 23.7 Å². The highest BCUT2D eigenvalue weighted by Crippen LogP contribution is 2.23. The maximum Gasteiger partial charge on any atom is 0.311 e. The van der Waals surface area contributed by atoms with Crippen molar-refractivity contribution in [3.05, 3.63) is 34.9 Å². The Morgan fingerprint density at radius 3 is 2.40 bits per heavy atom. The molecule has 2 atom stereocenters. The molecule has 0 bridgehead atoms. The number of ether oxygens (including phenoxy) is 1. The third-order valence-electron chi connectivity index (χ3n) is 2.26. The Morgan fingerprint density at radius 2 is 1.93 bits per heavy atom. The van der Waals surface area contributed by atoms with Crippen LogP contribution in [0, 0.1) is 5.92 Å². The molecule has 3 nitrogen and oxygen atoms in total. The van der Waals surface area contributed by atoms with Crippen LogP contribution in [0.4, 0.5) is 0 Å². The number of aliphatic hydroxyl groups is 1. The Bertz CT molecular complexity index is 334. The lowest BCUT2D eigenvalue weighted by molar-refractivity contribution is -0.148. The van der Waals surface area contributed by atoms with Crippen LogP contribution in [0.5, 0.6) is 0 Å². The Morgan fingerprint density at radius 1 is 1.40 bits per heavy atom.